The van der Waals surface area contributed by atoms with Crippen LogP contribution >= 0.6 is 0 Å². The quantitative estimate of drug-likeness (QED) is 0.747. The van der Waals surface area contributed by atoms with Crippen LogP contribution in [0, 0.1) is 6.92 Å². The van der Waals surface area contributed by atoms with Gasteiger partial charge in [0.15, 0.2) is 5.69 Å². The van der Waals surface area contributed by atoms with Crippen molar-refractivity contribution in [3.63, 3.8) is 0 Å². The normalized spacial score (nSPS) is 13.6. The summed E-state index contributed by atoms with van der Waals surface area (Å²) < 4.78 is 5.13. The maximum Gasteiger partial charge on any atom is 0.273 e. The number of aliphatic hydroxyl groups is 1. The number of nitrogens with one attached hydrogen (secondary N) is 1. The molecule has 0 bridgehead atoms. The molecule has 2 rings (SSSR count). The first-order chi connectivity index (χ1) is 10.5. The highest BCUT2D eigenvalue weighted by Gasteiger charge is 2.20. The summed E-state index contributed by atoms with van der Waals surface area (Å²) in [5.74, 6) is -0.168. The number of carbonyl (C=O) groups is 1. The Labute approximate surface area is 129 Å². The van der Waals surface area contributed by atoms with E-state index in [9.17, 15) is 9.90 Å². The number of benzene rings is 1. The SMILES string of the molecule is Cc1ccc(CCNC(=O)c2coc(C(N)C(C)O)n2)cc1. The summed E-state index contributed by atoms with van der Waals surface area (Å²) in [6, 6.07) is 7.42. The van der Waals surface area contributed by atoms with Gasteiger partial charge in [-0.15, -0.1) is 0 Å². The molecule has 2 atom stereocenters. The average molecular weight is 303 g/mol. The summed E-state index contributed by atoms with van der Waals surface area (Å²) >= 11 is 0. The van der Waals surface area contributed by atoms with Crippen LogP contribution in [0.25, 0.3) is 0 Å². The minimum atomic E-state index is -0.795. The van der Waals surface area contributed by atoms with E-state index in [2.05, 4.69) is 10.3 Å². The van der Waals surface area contributed by atoms with E-state index in [1.807, 2.05) is 31.2 Å². The molecule has 0 spiro atoms. The number of aromatic nitrogens is 1. The number of aliphatic hydroxyl groups excluding tert-OH is 1. The van der Waals surface area contributed by atoms with Crippen LogP contribution < -0.4 is 11.1 Å². The molecule has 2 aromatic rings. The number of carbonyl (C=O) groups excluding carboxylic acids is 1. The molecule has 1 amide bonds. The van der Waals surface area contributed by atoms with Crippen LogP contribution in [0.2, 0.25) is 0 Å². The number of oxazole rings is 1. The van der Waals surface area contributed by atoms with Gasteiger partial charge in [0, 0.05) is 6.54 Å². The third-order valence-electron chi connectivity index (χ3n) is 3.38. The molecule has 0 saturated carbocycles. The monoisotopic (exact) mass is 303 g/mol. The summed E-state index contributed by atoms with van der Waals surface area (Å²) in [6.45, 7) is 4.08. The van der Waals surface area contributed by atoms with E-state index < -0.39 is 12.1 Å². The molecule has 0 aliphatic rings. The van der Waals surface area contributed by atoms with E-state index in [1.165, 1.54) is 18.8 Å². The molecule has 0 saturated heterocycles. The van der Waals surface area contributed by atoms with E-state index in [1.54, 1.807) is 0 Å². The van der Waals surface area contributed by atoms with Gasteiger partial charge in [0.05, 0.1) is 6.10 Å². The fraction of sp³-hybridized carbons (Fsp3) is 0.375. The topological polar surface area (TPSA) is 101 Å². The Bertz CT molecular complexity index is 620. The number of hydrogen-bond acceptors (Lipinski definition) is 5. The number of rotatable bonds is 6. The molecule has 6 nitrogen and oxygen atoms in total. The largest absolute Gasteiger partial charge is 0.446 e. The van der Waals surface area contributed by atoms with Crippen molar-refractivity contribution in [1.29, 1.82) is 0 Å². The minimum absolute atomic E-state index is 0.152. The Kier molecular flexibility index (Phi) is 5.30. The van der Waals surface area contributed by atoms with Crippen molar-refractivity contribution in [2.75, 3.05) is 6.54 Å². The summed E-state index contributed by atoms with van der Waals surface area (Å²) in [7, 11) is 0. The molecule has 118 valence electrons. The van der Waals surface area contributed by atoms with E-state index in [4.69, 9.17) is 10.2 Å². The second kappa shape index (κ2) is 7.20. The molecule has 22 heavy (non-hydrogen) atoms. The van der Waals surface area contributed by atoms with E-state index in [0.717, 1.165) is 12.0 Å². The lowest BCUT2D eigenvalue weighted by Crippen LogP contribution is -2.27. The van der Waals surface area contributed by atoms with Crippen molar-refractivity contribution in [2.45, 2.75) is 32.4 Å². The first-order valence-corrected chi connectivity index (χ1v) is 7.20. The lowest BCUT2D eigenvalue weighted by Gasteiger charge is -2.09. The van der Waals surface area contributed by atoms with E-state index in [-0.39, 0.29) is 17.5 Å². The fourth-order valence-electron chi connectivity index (χ4n) is 1.92. The molecule has 1 aromatic carbocycles. The van der Waals surface area contributed by atoms with Crippen molar-refractivity contribution in [3.05, 3.63) is 53.2 Å². The highest BCUT2D eigenvalue weighted by atomic mass is 16.3. The Hall–Kier alpha value is -2.18. The van der Waals surface area contributed by atoms with Gasteiger partial charge in [0.2, 0.25) is 5.89 Å². The van der Waals surface area contributed by atoms with Gasteiger partial charge in [0.1, 0.15) is 12.3 Å². The predicted molar refractivity (Wildman–Crippen MR) is 82.3 cm³/mol. The van der Waals surface area contributed by atoms with Crippen LogP contribution in [0.3, 0.4) is 0 Å². The van der Waals surface area contributed by atoms with Gasteiger partial charge in [-0.25, -0.2) is 4.98 Å². The minimum Gasteiger partial charge on any atom is -0.446 e. The Morgan fingerprint density at radius 1 is 1.41 bits per heavy atom. The van der Waals surface area contributed by atoms with Crippen LogP contribution in [-0.2, 0) is 6.42 Å². The molecule has 1 heterocycles. The first kappa shape index (κ1) is 16.2. The molecule has 6 heteroatoms. The fourth-order valence-corrected chi connectivity index (χ4v) is 1.92. The molecular weight excluding hydrogens is 282 g/mol. The molecule has 1 aromatic heterocycles. The Balaban J connectivity index is 1.86. The van der Waals surface area contributed by atoms with Crippen LogP contribution in [0.5, 0.6) is 0 Å². The van der Waals surface area contributed by atoms with Gasteiger partial charge >= 0.3 is 0 Å². The molecule has 2 unspecified atom stereocenters. The maximum absolute atomic E-state index is 12.0. The van der Waals surface area contributed by atoms with Gasteiger partial charge in [-0.1, -0.05) is 29.8 Å². The Morgan fingerprint density at radius 3 is 2.73 bits per heavy atom. The summed E-state index contributed by atoms with van der Waals surface area (Å²) in [6.07, 6.45) is 1.19. The molecule has 0 fully saturated rings. The van der Waals surface area contributed by atoms with E-state index in [0.29, 0.717) is 6.54 Å². The zero-order chi connectivity index (χ0) is 16.1. The maximum atomic E-state index is 12.0. The molecule has 4 N–H and O–H groups in total. The second-order valence-electron chi connectivity index (χ2n) is 5.33. The first-order valence-electron chi connectivity index (χ1n) is 7.20. The summed E-state index contributed by atoms with van der Waals surface area (Å²) in [5, 5.41) is 12.2. The van der Waals surface area contributed by atoms with Crippen molar-refractivity contribution in [1.82, 2.24) is 10.3 Å². The van der Waals surface area contributed by atoms with Crippen LogP contribution in [0.1, 0.15) is 40.5 Å². The van der Waals surface area contributed by atoms with Crippen molar-refractivity contribution in [3.8, 4) is 0 Å². The van der Waals surface area contributed by atoms with Crippen molar-refractivity contribution < 1.29 is 14.3 Å². The standard InChI is InChI=1S/C16H21N3O3/c1-10-3-5-12(6-4-10)7-8-18-15(21)13-9-22-16(19-13)14(17)11(2)20/h3-6,9,11,14,20H,7-8,17H2,1-2H3,(H,18,21). The zero-order valence-corrected chi connectivity index (χ0v) is 12.7. The smallest absolute Gasteiger partial charge is 0.273 e. The second-order valence-corrected chi connectivity index (χ2v) is 5.33. The Morgan fingerprint density at radius 2 is 2.09 bits per heavy atom. The highest BCUT2D eigenvalue weighted by Crippen LogP contribution is 2.13. The highest BCUT2D eigenvalue weighted by molar-refractivity contribution is 5.91. The molecule has 0 aliphatic carbocycles. The van der Waals surface area contributed by atoms with Crippen molar-refractivity contribution >= 4 is 5.91 Å². The van der Waals surface area contributed by atoms with Gasteiger partial charge < -0.3 is 20.6 Å². The van der Waals surface area contributed by atoms with Gasteiger partial charge in [-0.05, 0) is 25.8 Å². The van der Waals surface area contributed by atoms with Crippen LogP contribution in [0.15, 0.2) is 34.9 Å². The van der Waals surface area contributed by atoms with Gasteiger partial charge in [-0.3, -0.25) is 4.79 Å². The van der Waals surface area contributed by atoms with Crippen LogP contribution in [0.4, 0.5) is 0 Å². The number of nitrogens with two attached hydrogens (primary N) is 1. The average Bonchev–Trinajstić information content (AvgIpc) is 2.98. The number of hydrogen-bond donors (Lipinski definition) is 3. The van der Waals surface area contributed by atoms with E-state index >= 15 is 0 Å². The summed E-state index contributed by atoms with van der Waals surface area (Å²) in [4.78, 5) is 16.0. The number of amides is 1. The summed E-state index contributed by atoms with van der Waals surface area (Å²) in [5.41, 5.74) is 8.22. The predicted octanol–water partition coefficient (Wildman–Crippen LogP) is 1.34. The lowest BCUT2D eigenvalue weighted by molar-refractivity contribution is 0.0948. The third-order valence-corrected chi connectivity index (χ3v) is 3.38. The number of aryl methyl sites for hydroxylation is 1. The number of nitrogens with zero attached hydrogens (tertiary/aromatic N) is 1. The van der Waals surface area contributed by atoms with Gasteiger partial charge in [0.25, 0.3) is 5.91 Å². The van der Waals surface area contributed by atoms with Crippen LogP contribution in [-0.4, -0.2) is 28.6 Å². The molecule has 0 radical (unpaired) electrons. The lowest BCUT2D eigenvalue weighted by atomic mass is 10.1. The van der Waals surface area contributed by atoms with Gasteiger partial charge in [-0.2, -0.15) is 0 Å². The zero-order valence-electron chi connectivity index (χ0n) is 12.7. The molecule has 0 aliphatic heterocycles. The van der Waals surface area contributed by atoms with Crippen molar-refractivity contribution in [2.24, 2.45) is 5.73 Å². The molecular formula is C16H21N3O3. The third kappa shape index (κ3) is 4.16.